The van der Waals surface area contributed by atoms with Crippen molar-refractivity contribution in [3.05, 3.63) is 47.5 Å². The quantitative estimate of drug-likeness (QED) is 0.866. The van der Waals surface area contributed by atoms with Gasteiger partial charge in [-0.25, -0.2) is 0 Å². The van der Waals surface area contributed by atoms with Crippen molar-refractivity contribution in [1.82, 2.24) is 20.1 Å². The molecule has 102 valence electrons. The fourth-order valence-corrected chi connectivity index (χ4v) is 2.40. The molecule has 2 aromatic heterocycles. The molecule has 0 fully saturated rings. The standard InChI is InChI=1S/C15H22N4/c1-4-8-19-11-13(10-18-19)15(16-3)14-6-7-17-9-12(14)5-2/h6-7,9-11,15-16H,4-5,8H2,1-3H3. The molecule has 1 unspecified atom stereocenters. The zero-order valence-corrected chi connectivity index (χ0v) is 11.9. The lowest BCUT2D eigenvalue weighted by Crippen LogP contribution is -2.19. The van der Waals surface area contributed by atoms with Crippen LogP contribution in [0.5, 0.6) is 0 Å². The third-order valence-electron chi connectivity index (χ3n) is 3.36. The Morgan fingerprint density at radius 2 is 2.16 bits per heavy atom. The lowest BCUT2D eigenvalue weighted by Gasteiger charge is -2.18. The largest absolute Gasteiger partial charge is 0.309 e. The SMILES string of the molecule is CCCn1cc(C(NC)c2ccncc2CC)cn1. The van der Waals surface area contributed by atoms with Crippen molar-refractivity contribution in [2.75, 3.05) is 7.05 Å². The first-order valence-corrected chi connectivity index (χ1v) is 6.92. The zero-order chi connectivity index (χ0) is 13.7. The molecule has 0 bridgehead atoms. The van der Waals surface area contributed by atoms with E-state index in [4.69, 9.17) is 0 Å². The molecule has 0 amide bonds. The predicted octanol–water partition coefficient (Wildman–Crippen LogP) is 2.56. The Balaban J connectivity index is 2.32. The molecule has 4 nitrogen and oxygen atoms in total. The highest BCUT2D eigenvalue weighted by Gasteiger charge is 2.16. The van der Waals surface area contributed by atoms with Gasteiger partial charge in [0.1, 0.15) is 0 Å². The molecule has 2 heterocycles. The maximum Gasteiger partial charge on any atom is 0.0609 e. The minimum atomic E-state index is 0.184. The number of aryl methyl sites for hydroxylation is 2. The van der Waals surface area contributed by atoms with Crippen LogP contribution in [-0.2, 0) is 13.0 Å². The van der Waals surface area contributed by atoms with Gasteiger partial charge in [-0.05, 0) is 37.1 Å². The molecule has 0 spiro atoms. The smallest absolute Gasteiger partial charge is 0.0609 e. The summed E-state index contributed by atoms with van der Waals surface area (Å²) in [5.41, 5.74) is 3.78. The molecular formula is C15H22N4. The summed E-state index contributed by atoms with van der Waals surface area (Å²) in [6.07, 6.45) is 9.98. The molecular weight excluding hydrogens is 236 g/mol. The summed E-state index contributed by atoms with van der Waals surface area (Å²) < 4.78 is 2.01. The first-order valence-electron chi connectivity index (χ1n) is 6.92. The van der Waals surface area contributed by atoms with Gasteiger partial charge in [-0.15, -0.1) is 0 Å². The third kappa shape index (κ3) is 3.01. The van der Waals surface area contributed by atoms with Crippen molar-refractivity contribution in [1.29, 1.82) is 0 Å². The first kappa shape index (κ1) is 13.7. The Hall–Kier alpha value is -1.68. The predicted molar refractivity (Wildman–Crippen MR) is 77.0 cm³/mol. The van der Waals surface area contributed by atoms with E-state index in [9.17, 15) is 0 Å². The van der Waals surface area contributed by atoms with Gasteiger partial charge in [0.25, 0.3) is 0 Å². The van der Waals surface area contributed by atoms with Crippen molar-refractivity contribution in [3.8, 4) is 0 Å². The lowest BCUT2D eigenvalue weighted by molar-refractivity contribution is 0.600. The number of rotatable bonds is 6. The highest BCUT2D eigenvalue weighted by Crippen LogP contribution is 2.24. The zero-order valence-electron chi connectivity index (χ0n) is 11.9. The van der Waals surface area contributed by atoms with Gasteiger partial charge in [-0.1, -0.05) is 13.8 Å². The van der Waals surface area contributed by atoms with E-state index in [-0.39, 0.29) is 6.04 Å². The number of hydrogen-bond donors (Lipinski definition) is 1. The molecule has 2 rings (SSSR count). The fraction of sp³-hybridized carbons (Fsp3) is 0.467. The molecule has 0 saturated carbocycles. The Labute approximate surface area is 114 Å². The van der Waals surface area contributed by atoms with Gasteiger partial charge in [0, 0.05) is 30.7 Å². The number of aromatic nitrogens is 3. The van der Waals surface area contributed by atoms with Crippen LogP contribution < -0.4 is 5.32 Å². The maximum absolute atomic E-state index is 4.42. The average molecular weight is 258 g/mol. The normalized spacial score (nSPS) is 12.6. The molecule has 0 aliphatic rings. The van der Waals surface area contributed by atoms with Crippen LogP contribution in [0.4, 0.5) is 0 Å². The average Bonchev–Trinajstić information content (AvgIpc) is 2.89. The van der Waals surface area contributed by atoms with Crippen LogP contribution in [0.25, 0.3) is 0 Å². The highest BCUT2D eigenvalue weighted by molar-refractivity contribution is 5.34. The summed E-state index contributed by atoms with van der Waals surface area (Å²) in [7, 11) is 1.99. The number of hydrogen-bond acceptors (Lipinski definition) is 3. The van der Waals surface area contributed by atoms with Gasteiger partial charge in [0.2, 0.25) is 0 Å². The second-order valence-corrected chi connectivity index (χ2v) is 4.69. The second kappa shape index (κ2) is 6.48. The summed E-state index contributed by atoms with van der Waals surface area (Å²) >= 11 is 0. The molecule has 0 aliphatic heterocycles. The van der Waals surface area contributed by atoms with Gasteiger partial charge in [0.15, 0.2) is 0 Å². The molecule has 2 aromatic rings. The van der Waals surface area contributed by atoms with Gasteiger partial charge in [-0.2, -0.15) is 5.10 Å². The van der Waals surface area contributed by atoms with Crippen LogP contribution in [0.15, 0.2) is 30.9 Å². The van der Waals surface area contributed by atoms with E-state index in [1.54, 1.807) is 0 Å². The first-order chi connectivity index (χ1) is 9.30. The monoisotopic (exact) mass is 258 g/mol. The van der Waals surface area contributed by atoms with Crippen LogP contribution in [0.2, 0.25) is 0 Å². The van der Waals surface area contributed by atoms with E-state index >= 15 is 0 Å². The second-order valence-electron chi connectivity index (χ2n) is 4.69. The molecule has 0 saturated heterocycles. The van der Waals surface area contributed by atoms with E-state index < -0.39 is 0 Å². The van der Waals surface area contributed by atoms with Gasteiger partial charge in [0.05, 0.1) is 12.2 Å². The molecule has 0 radical (unpaired) electrons. The molecule has 19 heavy (non-hydrogen) atoms. The van der Waals surface area contributed by atoms with E-state index in [2.05, 4.69) is 41.5 Å². The van der Waals surface area contributed by atoms with Crippen molar-refractivity contribution < 1.29 is 0 Å². The summed E-state index contributed by atoms with van der Waals surface area (Å²) in [6, 6.07) is 2.28. The summed E-state index contributed by atoms with van der Waals surface area (Å²) in [6.45, 7) is 5.29. The van der Waals surface area contributed by atoms with E-state index in [1.807, 2.05) is 30.3 Å². The van der Waals surface area contributed by atoms with Crippen molar-refractivity contribution in [3.63, 3.8) is 0 Å². The fourth-order valence-electron chi connectivity index (χ4n) is 2.40. The summed E-state index contributed by atoms with van der Waals surface area (Å²) in [5, 5.41) is 7.80. The van der Waals surface area contributed by atoms with E-state index in [1.165, 1.54) is 16.7 Å². The minimum Gasteiger partial charge on any atom is -0.309 e. The highest BCUT2D eigenvalue weighted by atomic mass is 15.3. The molecule has 1 atom stereocenters. The molecule has 1 N–H and O–H groups in total. The van der Waals surface area contributed by atoms with Crippen LogP contribution in [0, 0.1) is 0 Å². The van der Waals surface area contributed by atoms with Crippen LogP contribution in [0.3, 0.4) is 0 Å². The van der Waals surface area contributed by atoms with Crippen LogP contribution in [-0.4, -0.2) is 21.8 Å². The van der Waals surface area contributed by atoms with Gasteiger partial charge in [-0.3, -0.25) is 9.67 Å². The number of pyridine rings is 1. The van der Waals surface area contributed by atoms with E-state index in [0.717, 1.165) is 19.4 Å². The Bertz CT molecular complexity index is 518. The topological polar surface area (TPSA) is 42.7 Å². The van der Waals surface area contributed by atoms with E-state index in [0.29, 0.717) is 0 Å². The Morgan fingerprint density at radius 1 is 1.32 bits per heavy atom. The molecule has 0 aromatic carbocycles. The number of nitrogens with one attached hydrogen (secondary N) is 1. The Morgan fingerprint density at radius 3 is 2.84 bits per heavy atom. The van der Waals surface area contributed by atoms with Gasteiger partial charge >= 0.3 is 0 Å². The summed E-state index contributed by atoms with van der Waals surface area (Å²) in [5.74, 6) is 0. The van der Waals surface area contributed by atoms with Crippen LogP contribution in [0.1, 0.15) is 43.0 Å². The van der Waals surface area contributed by atoms with Gasteiger partial charge < -0.3 is 5.32 Å². The molecule has 4 heteroatoms. The van der Waals surface area contributed by atoms with Crippen molar-refractivity contribution >= 4 is 0 Å². The summed E-state index contributed by atoms with van der Waals surface area (Å²) in [4.78, 5) is 4.21. The maximum atomic E-state index is 4.42. The Kier molecular flexibility index (Phi) is 4.68. The third-order valence-corrected chi connectivity index (χ3v) is 3.36. The molecule has 0 aliphatic carbocycles. The minimum absolute atomic E-state index is 0.184. The lowest BCUT2D eigenvalue weighted by atomic mass is 9.97. The number of nitrogens with zero attached hydrogens (tertiary/aromatic N) is 3. The van der Waals surface area contributed by atoms with Crippen molar-refractivity contribution in [2.24, 2.45) is 0 Å². The van der Waals surface area contributed by atoms with Crippen molar-refractivity contribution in [2.45, 2.75) is 39.3 Å². The van der Waals surface area contributed by atoms with Crippen LogP contribution >= 0.6 is 0 Å².